The molecule has 1 aliphatic heterocycles. The molecule has 2 heterocycles. The van der Waals surface area contributed by atoms with Crippen molar-refractivity contribution in [2.75, 3.05) is 44.4 Å². The van der Waals surface area contributed by atoms with Crippen molar-refractivity contribution in [3.05, 3.63) is 58.6 Å². The molecule has 1 fully saturated rings. The summed E-state index contributed by atoms with van der Waals surface area (Å²) in [5.74, 6) is -0.849. The van der Waals surface area contributed by atoms with Crippen molar-refractivity contribution in [1.82, 2.24) is 19.8 Å². The third-order valence-corrected chi connectivity index (χ3v) is 5.05. The molecule has 0 spiro atoms. The molecule has 1 aromatic heterocycles. The van der Waals surface area contributed by atoms with Gasteiger partial charge in [0.1, 0.15) is 5.82 Å². The number of amides is 2. The van der Waals surface area contributed by atoms with Crippen LogP contribution in [0.1, 0.15) is 16.8 Å². The minimum absolute atomic E-state index is 0.0162. The minimum Gasteiger partial charge on any atom is -0.350 e. The van der Waals surface area contributed by atoms with Gasteiger partial charge in [-0.25, -0.2) is 14.4 Å². The lowest BCUT2D eigenvalue weighted by Gasteiger charge is -2.17. The van der Waals surface area contributed by atoms with Gasteiger partial charge < -0.3 is 20.4 Å². The maximum atomic E-state index is 14.5. The van der Waals surface area contributed by atoms with E-state index in [1.165, 1.54) is 18.2 Å². The summed E-state index contributed by atoms with van der Waals surface area (Å²) in [4.78, 5) is 36.6. The van der Waals surface area contributed by atoms with Crippen LogP contribution in [0.15, 0.2) is 47.2 Å². The van der Waals surface area contributed by atoms with Gasteiger partial charge in [-0.3, -0.25) is 9.59 Å². The van der Waals surface area contributed by atoms with Gasteiger partial charge in [0.05, 0.1) is 10.2 Å². The minimum atomic E-state index is -0.655. The largest absolute Gasteiger partial charge is 0.350 e. The van der Waals surface area contributed by atoms with Gasteiger partial charge in [-0.1, -0.05) is 6.08 Å². The fourth-order valence-electron chi connectivity index (χ4n) is 3.11. The van der Waals surface area contributed by atoms with Gasteiger partial charge in [0.2, 0.25) is 11.9 Å². The number of benzene rings is 1. The summed E-state index contributed by atoms with van der Waals surface area (Å²) in [6.45, 7) is 1.61. The Morgan fingerprint density at radius 2 is 2.06 bits per heavy atom. The molecule has 164 valence electrons. The van der Waals surface area contributed by atoms with Crippen molar-refractivity contribution in [3.8, 4) is 0 Å². The molecule has 0 aliphatic carbocycles. The maximum Gasteiger partial charge on any atom is 0.254 e. The van der Waals surface area contributed by atoms with Gasteiger partial charge in [-0.05, 0) is 54.6 Å². The number of likely N-dealkylation sites (tertiary alicyclic amines) is 1. The van der Waals surface area contributed by atoms with E-state index in [1.54, 1.807) is 23.4 Å². The highest BCUT2D eigenvalue weighted by Crippen LogP contribution is 2.20. The molecule has 8 nitrogen and oxygen atoms in total. The van der Waals surface area contributed by atoms with Crippen molar-refractivity contribution >= 4 is 39.4 Å². The van der Waals surface area contributed by atoms with Crippen LogP contribution in [-0.4, -0.2) is 71.4 Å². The van der Waals surface area contributed by atoms with Crippen LogP contribution < -0.4 is 10.6 Å². The number of rotatable bonds is 7. The van der Waals surface area contributed by atoms with Crippen LogP contribution in [0.3, 0.4) is 0 Å². The third kappa shape index (κ3) is 6.56. The number of nitrogens with zero attached hydrogens (tertiary/aromatic N) is 4. The number of hydrogen-bond donors (Lipinski definition) is 2. The van der Waals surface area contributed by atoms with Crippen molar-refractivity contribution in [2.45, 2.75) is 12.5 Å². The predicted octanol–water partition coefficient (Wildman–Crippen LogP) is 2.76. The SMILES string of the molecule is CN(C)C/C=C/C(=O)Nc1ccc(C(=O)N2CCC(Nc3ncc(Br)cn3)C2)cc1F. The fourth-order valence-corrected chi connectivity index (χ4v) is 3.31. The first kappa shape index (κ1) is 22.8. The van der Waals surface area contributed by atoms with Gasteiger partial charge in [-0.2, -0.15) is 0 Å². The Morgan fingerprint density at radius 1 is 1.32 bits per heavy atom. The summed E-state index contributed by atoms with van der Waals surface area (Å²) in [5, 5.41) is 5.69. The molecule has 0 bridgehead atoms. The molecule has 2 amide bonds. The lowest BCUT2D eigenvalue weighted by atomic mass is 10.1. The number of aromatic nitrogens is 2. The monoisotopic (exact) mass is 490 g/mol. The molecule has 2 N–H and O–H groups in total. The first-order chi connectivity index (χ1) is 14.8. The Morgan fingerprint density at radius 3 is 2.74 bits per heavy atom. The highest BCUT2D eigenvalue weighted by atomic mass is 79.9. The van der Waals surface area contributed by atoms with Gasteiger partial charge in [0.15, 0.2) is 0 Å². The molecule has 1 unspecified atom stereocenters. The second-order valence-corrected chi connectivity index (χ2v) is 8.37. The molecule has 3 rings (SSSR count). The van der Waals surface area contributed by atoms with Gasteiger partial charge in [0, 0.05) is 49.7 Å². The molecular weight excluding hydrogens is 467 g/mol. The molecule has 10 heteroatoms. The smallest absolute Gasteiger partial charge is 0.254 e. The van der Waals surface area contributed by atoms with E-state index in [2.05, 4.69) is 36.5 Å². The Balaban J connectivity index is 1.57. The van der Waals surface area contributed by atoms with E-state index in [0.717, 1.165) is 17.0 Å². The molecule has 1 saturated heterocycles. The second kappa shape index (κ2) is 10.5. The number of likely N-dealkylation sites (N-methyl/N-ethyl adjacent to an activating group) is 1. The number of carbonyl (C=O) groups is 2. The molecule has 1 atom stereocenters. The summed E-state index contributed by atoms with van der Waals surface area (Å²) >= 11 is 3.29. The molecule has 0 radical (unpaired) electrons. The lowest BCUT2D eigenvalue weighted by Crippen LogP contribution is -2.32. The number of halogens is 2. The molecular formula is C21H24BrFN6O2. The Kier molecular flexibility index (Phi) is 7.69. The average Bonchev–Trinajstić information content (AvgIpc) is 3.19. The van der Waals surface area contributed by atoms with Gasteiger partial charge >= 0.3 is 0 Å². The Labute approximate surface area is 188 Å². The van der Waals surface area contributed by atoms with Crippen molar-refractivity contribution in [1.29, 1.82) is 0 Å². The first-order valence-electron chi connectivity index (χ1n) is 9.77. The number of anilines is 2. The molecule has 31 heavy (non-hydrogen) atoms. The fraction of sp³-hybridized carbons (Fsp3) is 0.333. The van der Waals surface area contributed by atoms with E-state index in [9.17, 15) is 14.0 Å². The number of hydrogen-bond acceptors (Lipinski definition) is 6. The van der Waals surface area contributed by atoms with E-state index in [-0.39, 0.29) is 23.2 Å². The normalized spacial score (nSPS) is 16.2. The van der Waals surface area contributed by atoms with Crippen LogP contribution >= 0.6 is 15.9 Å². The number of nitrogens with one attached hydrogen (secondary N) is 2. The van der Waals surface area contributed by atoms with Crippen LogP contribution in [0.4, 0.5) is 16.0 Å². The zero-order valence-corrected chi connectivity index (χ0v) is 18.9. The summed E-state index contributed by atoms with van der Waals surface area (Å²) in [5.41, 5.74) is 0.267. The van der Waals surface area contributed by atoms with E-state index < -0.39 is 11.7 Å². The van der Waals surface area contributed by atoms with Gasteiger partial charge in [-0.15, -0.1) is 0 Å². The first-order valence-corrected chi connectivity index (χ1v) is 10.6. The zero-order chi connectivity index (χ0) is 22.4. The summed E-state index contributed by atoms with van der Waals surface area (Å²) in [7, 11) is 3.76. The van der Waals surface area contributed by atoms with Crippen LogP contribution in [0.2, 0.25) is 0 Å². The van der Waals surface area contributed by atoms with Crippen LogP contribution in [0, 0.1) is 5.82 Å². The highest BCUT2D eigenvalue weighted by Gasteiger charge is 2.27. The van der Waals surface area contributed by atoms with E-state index in [1.807, 2.05) is 19.0 Å². The Hall–Kier alpha value is -2.85. The maximum absolute atomic E-state index is 14.5. The van der Waals surface area contributed by atoms with E-state index in [0.29, 0.717) is 25.6 Å². The summed E-state index contributed by atoms with van der Waals surface area (Å²) in [6, 6.07) is 4.09. The summed E-state index contributed by atoms with van der Waals surface area (Å²) < 4.78 is 15.2. The predicted molar refractivity (Wildman–Crippen MR) is 120 cm³/mol. The van der Waals surface area contributed by atoms with Crippen molar-refractivity contribution in [3.63, 3.8) is 0 Å². The van der Waals surface area contributed by atoms with Crippen LogP contribution in [-0.2, 0) is 4.79 Å². The summed E-state index contributed by atoms with van der Waals surface area (Å²) in [6.07, 6.45) is 7.07. The molecule has 1 aliphatic rings. The van der Waals surface area contributed by atoms with E-state index in [4.69, 9.17) is 0 Å². The Bertz CT molecular complexity index is 967. The molecule has 2 aromatic rings. The van der Waals surface area contributed by atoms with Crippen LogP contribution in [0.5, 0.6) is 0 Å². The highest BCUT2D eigenvalue weighted by molar-refractivity contribution is 9.10. The number of carbonyl (C=O) groups excluding carboxylic acids is 2. The van der Waals surface area contributed by atoms with Crippen LogP contribution in [0.25, 0.3) is 0 Å². The molecule has 1 aromatic carbocycles. The second-order valence-electron chi connectivity index (χ2n) is 7.45. The van der Waals surface area contributed by atoms with Crippen molar-refractivity contribution < 1.29 is 14.0 Å². The van der Waals surface area contributed by atoms with Gasteiger partial charge in [0.25, 0.3) is 5.91 Å². The third-order valence-electron chi connectivity index (χ3n) is 4.64. The lowest BCUT2D eigenvalue weighted by molar-refractivity contribution is -0.111. The topological polar surface area (TPSA) is 90.5 Å². The average molecular weight is 491 g/mol. The zero-order valence-electron chi connectivity index (χ0n) is 17.3. The standard InChI is InChI=1S/C21H24BrFN6O2/c1-28(2)8-3-4-19(30)27-18-6-5-14(10-17(18)23)20(31)29-9-7-16(13-29)26-21-24-11-15(22)12-25-21/h3-6,10-12,16H,7-9,13H2,1-2H3,(H,27,30)(H,24,25,26)/b4-3+. The molecule has 0 saturated carbocycles. The quantitative estimate of drug-likeness (QED) is 0.580. The van der Waals surface area contributed by atoms with Crippen molar-refractivity contribution in [2.24, 2.45) is 0 Å². The van der Waals surface area contributed by atoms with E-state index >= 15 is 0 Å².